The molecule has 3 nitrogen and oxygen atoms in total. The Hall–Kier alpha value is -2.23. The molecular weight excluding hydrogens is 343 g/mol. The summed E-state index contributed by atoms with van der Waals surface area (Å²) in [6, 6.07) is 18.6. The van der Waals surface area contributed by atoms with E-state index in [-0.39, 0.29) is 5.91 Å². The van der Waals surface area contributed by atoms with Gasteiger partial charge in [-0.2, -0.15) is 0 Å². The minimum absolute atomic E-state index is 0.188. The molecule has 5 heteroatoms. The average molecular weight is 359 g/mol. The topological polar surface area (TPSA) is 41.1 Å². The van der Waals surface area contributed by atoms with Gasteiger partial charge in [0.15, 0.2) is 0 Å². The molecule has 0 aromatic heterocycles. The van der Waals surface area contributed by atoms with Crippen LogP contribution in [0.2, 0.25) is 10.0 Å². The fraction of sp³-hybridized carbons (Fsp3) is 0.105. The largest absolute Gasteiger partial charge is 0.374 e. The minimum atomic E-state index is -0.429. The molecule has 2 N–H and O–H groups in total. The average Bonchev–Trinajstić information content (AvgIpc) is 2.58. The first-order valence-corrected chi connectivity index (χ1v) is 8.30. The van der Waals surface area contributed by atoms with Gasteiger partial charge in [-0.25, -0.2) is 0 Å². The number of fused-ring (bicyclic) bond motifs is 1. The standard InChI is InChI=1S/C19H16Cl2N2O/c1-12(19(24)23-18-11-15(20)7-9-17(18)21)22-16-8-6-13-4-2-3-5-14(13)10-16/h2-12,22H,1H3,(H,23,24)/t12-/m0/s1. The van der Waals surface area contributed by atoms with E-state index in [9.17, 15) is 4.79 Å². The number of amides is 1. The Morgan fingerprint density at radius 2 is 1.71 bits per heavy atom. The third kappa shape index (κ3) is 3.81. The molecular formula is C19H16Cl2N2O. The Balaban J connectivity index is 1.72. The zero-order chi connectivity index (χ0) is 17.1. The van der Waals surface area contributed by atoms with Gasteiger partial charge < -0.3 is 10.6 Å². The van der Waals surface area contributed by atoms with Gasteiger partial charge in [0, 0.05) is 10.7 Å². The van der Waals surface area contributed by atoms with Gasteiger partial charge in [-0.15, -0.1) is 0 Å². The molecule has 0 aliphatic carbocycles. The van der Waals surface area contributed by atoms with E-state index >= 15 is 0 Å². The Labute approximate surface area is 150 Å². The Morgan fingerprint density at radius 3 is 2.50 bits per heavy atom. The molecule has 0 spiro atoms. The second kappa shape index (κ2) is 7.12. The smallest absolute Gasteiger partial charge is 0.246 e. The van der Waals surface area contributed by atoms with Gasteiger partial charge >= 0.3 is 0 Å². The second-order valence-electron chi connectivity index (χ2n) is 5.54. The molecule has 0 fully saturated rings. The van der Waals surface area contributed by atoms with Crippen molar-refractivity contribution in [3.05, 3.63) is 70.7 Å². The summed E-state index contributed by atoms with van der Waals surface area (Å²) in [5.41, 5.74) is 1.38. The van der Waals surface area contributed by atoms with Crippen LogP contribution in [0, 0.1) is 0 Å². The van der Waals surface area contributed by atoms with Gasteiger partial charge in [-0.3, -0.25) is 4.79 Å². The predicted octanol–water partition coefficient (Wildman–Crippen LogP) is 5.59. The number of carbonyl (C=O) groups excluding carboxylic acids is 1. The van der Waals surface area contributed by atoms with Crippen LogP contribution in [0.15, 0.2) is 60.7 Å². The molecule has 3 aromatic carbocycles. The van der Waals surface area contributed by atoms with E-state index in [1.165, 1.54) is 0 Å². The maximum absolute atomic E-state index is 12.4. The van der Waals surface area contributed by atoms with E-state index in [2.05, 4.69) is 16.7 Å². The molecule has 0 unspecified atom stereocenters. The van der Waals surface area contributed by atoms with Crippen LogP contribution >= 0.6 is 23.2 Å². The predicted molar refractivity (Wildman–Crippen MR) is 102 cm³/mol. The summed E-state index contributed by atoms with van der Waals surface area (Å²) in [6.07, 6.45) is 0. The molecule has 3 rings (SSSR count). The third-order valence-electron chi connectivity index (χ3n) is 3.71. The first kappa shape index (κ1) is 16.6. The Morgan fingerprint density at radius 1 is 0.958 bits per heavy atom. The summed E-state index contributed by atoms with van der Waals surface area (Å²) in [5, 5.41) is 9.24. The Bertz CT molecular complexity index is 895. The highest BCUT2D eigenvalue weighted by Crippen LogP contribution is 2.26. The van der Waals surface area contributed by atoms with E-state index in [4.69, 9.17) is 23.2 Å². The van der Waals surface area contributed by atoms with Gasteiger partial charge in [0.1, 0.15) is 6.04 Å². The van der Waals surface area contributed by atoms with E-state index in [0.29, 0.717) is 15.7 Å². The minimum Gasteiger partial charge on any atom is -0.374 e. The SMILES string of the molecule is C[C@H](Nc1ccc2ccccc2c1)C(=O)Nc1cc(Cl)ccc1Cl. The molecule has 0 aliphatic heterocycles. The number of rotatable bonds is 4. The summed E-state index contributed by atoms with van der Waals surface area (Å²) in [7, 11) is 0. The summed E-state index contributed by atoms with van der Waals surface area (Å²) in [5.74, 6) is -0.188. The summed E-state index contributed by atoms with van der Waals surface area (Å²) in [6.45, 7) is 1.79. The molecule has 3 aromatic rings. The van der Waals surface area contributed by atoms with Crippen LogP contribution < -0.4 is 10.6 Å². The van der Waals surface area contributed by atoms with E-state index < -0.39 is 6.04 Å². The molecule has 0 saturated carbocycles. The van der Waals surface area contributed by atoms with Crippen molar-refractivity contribution in [3.8, 4) is 0 Å². The number of hydrogen-bond donors (Lipinski definition) is 2. The number of nitrogens with one attached hydrogen (secondary N) is 2. The zero-order valence-electron chi connectivity index (χ0n) is 13.0. The second-order valence-corrected chi connectivity index (χ2v) is 6.39. The van der Waals surface area contributed by atoms with Gasteiger partial charge in [-0.05, 0) is 48.0 Å². The zero-order valence-corrected chi connectivity index (χ0v) is 14.5. The number of halogens is 2. The van der Waals surface area contributed by atoms with Crippen LogP contribution in [0.4, 0.5) is 11.4 Å². The summed E-state index contributed by atoms with van der Waals surface area (Å²) < 4.78 is 0. The van der Waals surface area contributed by atoms with E-state index in [1.807, 2.05) is 36.4 Å². The van der Waals surface area contributed by atoms with Crippen LogP contribution in [0.25, 0.3) is 10.8 Å². The molecule has 0 radical (unpaired) electrons. The van der Waals surface area contributed by atoms with Crippen molar-refractivity contribution >= 4 is 51.3 Å². The maximum atomic E-state index is 12.4. The molecule has 24 heavy (non-hydrogen) atoms. The van der Waals surface area contributed by atoms with Crippen LogP contribution in [0.1, 0.15) is 6.92 Å². The van der Waals surface area contributed by atoms with Crippen LogP contribution in [0.5, 0.6) is 0 Å². The lowest BCUT2D eigenvalue weighted by Crippen LogP contribution is -2.31. The first-order valence-electron chi connectivity index (χ1n) is 7.54. The molecule has 122 valence electrons. The molecule has 0 heterocycles. The molecule has 0 aliphatic rings. The maximum Gasteiger partial charge on any atom is 0.246 e. The number of hydrogen-bond acceptors (Lipinski definition) is 2. The monoisotopic (exact) mass is 358 g/mol. The van der Waals surface area contributed by atoms with Gasteiger partial charge in [-0.1, -0.05) is 53.5 Å². The fourth-order valence-electron chi connectivity index (χ4n) is 2.43. The van der Waals surface area contributed by atoms with Crippen molar-refractivity contribution in [2.24, 2.45) is 0 Å². The van der Waals surface area contributed by atoms with Gasteiger partial charge in [0.2, 0.25) is 5.91 Å². The van der Waals surface area contributed by atoms with Crippen LogP contribution in [-0.2, 0) is 4.79 Å². The lowest BCUT2D eigenvalue weighted by atomic mass is 10.1. The number of anilines is 2. The first-order chi connectivity index (χ1) is 11.5. The number of benzene rings is 3. The highest BCUT2D eigenvalue weighted by molar-refractivity contribution is 6.35. The van der Waals surface area contributed by atoms with Crippen molar-refractivity contribution in [1.29, 1.82) is 0 Å². The van der Waals surface area contributed by atoms with Crippen molar-refractivity contribution in [1.82, 2.24) is 0 Å². The Kier molecular flexibility index (Phi) is 4.93. The third-order valence-corrected chi connectivity index (χ3v) is 4.28. The van der Waals surface area contributed by atoms with Gasteiger partial charge in [0.25, 0.3) is 0 Å². The summed E-state index contributed by atoms with van der Waals surface area (Å²) >= 11 is 12.0. The normalized spacial score (nSPS) is 12.0. The van der Waals surface area contributed by atoms with E-state index in [0.717, 1.165) is 16.5 Å². The van der Waals surface area contributed by atoms with E-state index in [1.54, 1.807) is 25.1 Å². The number of carbonyl (C=O) groups is 1. The van der Waals surface area contributed by atoms with Crippen molar-refractivity contribution in [2.75, 3.05) is 10.6 Å². The van der Waals surface area contributed by atoms with Crippen LogP contribution in [-0.4, -0.2) is 11.9 Å². The fourth-order valence-corrected chi connectivity index (χ4v) is 2.77. The molecule has 1 amide bonds. The lowest BCUT2D eigenvalue weighted by Gasteiger charge is -2.16. The highest BCUT2D eigenvalue weighted by atomic mass is 35.5. The summed E-state index contributed by atoms with van der Waals surface area (Å²) in [4.78, 5) is 12.4. The molecule has 1 atom stereocenters. The van der Waals surface area contributed by atoms with Crippen molar-refractivity contribution in [3.63, 3.8) is 0 Å². The van der Waals surface area contributed by atoms with Crippen molar-refractivity contribution in [2.45, 2.75) is 13.0 Å². The lowest BCUT2D eigenvalue weighted by molar-refractivity contribution is -0.116. The highest BCUT2D eigenvalue weighted by Gasteiger charge is 2.14. The van der Waals surface area contributed by atoms with Crippen LogP contribution in [0.3, 0.4) is 0 Å². The van der Waals surface area contributed by atoms with Gasteiger partial charge in [0.05, 0.1) is 10.7 Å². The molecule has 0 bridgehead atoms. The molecule has 0 saturated heterocycles. The van der Waals surface area contributed by atoms with Crippen molar-refractivity contribution < 1.29 is 4.79 Å². The quantitative estimate of drug-likeness (QED) is 0.638.